The van der Waals surface area contributed by atoms with Crippen molar-refractivity contribution in [2.75, 3.05) is 39.3 Å². The summed E-state index contributed by atoms with van der Waals surface area (Å²) in [6.45, 7) is 7.26. The fraction of sp³-hybridized carbons (Fsp3) is 0.344. The molecule has 0 spiro atoms. The molecule has 0 radical (unpaired) electrons. The molecule has 2 N–H and O–H groups in total. The molecule has 0 aromatic heterocycles. The van der Waals surface area contributed by atoms with Crippen molar-refractivity contribution in [1.29, 1.82) is 0 Å². The zero-order valence-electron chi connectivity index (χ0n) is 22.8. The van der Waals surface area contributed by atoms with Gasteiger partial charge in [-0.15, -0.1) is 0 Å². The molecule has 0 saturated carbocycles. The molecule has 0 aliphatic carbocycles. The van der Waals surface area contributed by atoms with Crippen LogP contribution in [0.3, 0.4) is 0 Å². The molecule has 8 heteroatoms. The molecule has 2 atom stereocenters. The number of carboxylic acid groups (broad SMARTS) is 1. The molecule has 1 fully saturated rings. The molecule has 1 amide bonds. The minimum Gasteiger partial charge on any atom is -0.492 e. The van der Waals surface area contributed by atoms with Gasteiger partial charge in [0.2, 0.25) is 0 Å². The van der Waals surface area contributed by atoms with Crippen LogP contribution in [0.5, 0.6) is 5.75 Å². The Balaban J connectivity index is 1.20. The second kappa shape index (κ2) is 15.3. The molecule has 7 nitrogen and oxygen atoms in total. The maximum atomic E-state index is 10.4. The second-order valence-electron chi connectivity index (χ2n) is 9.79. The normalized spacial score (nSPS) is 15.4. The van der Waals surface area contributed by atoms with Crippen LogP contribution < -0.4 is 10.2 Å². The van der Waals surface area contributed by atoms with E-state index in [1.165, 1.54) is 11.1 Å². The van der Waals surface area contributed by atoms with Crippen molar-refractivity contribution in [3.8, 4) is 17.6 Å². The van der Waals surface area contributed by atoms with Crippen molar-refractivity contribution in [3.05, 3.63) is 101 Å². The highest BCUT2D eigenvalue weighted by Gasteiger charge is 2.26. The largest absolute Gasteiger partial charge is 0.492 e. The van der Waals surface area contributed by atoms with Gasteiger partial charge >= 0.3 is 6.09 Å². The van der Waals surface area contributed by atoms with Crippen LogP contribution in [-0.2, 0) is 4.84 Å². The minimum atomic E-state index is -1.20. The van der Waals surface area contributed by atoms with E-state index < -0.39 is 6.09 Å². The Morgan fingerprint density at radius 3 is 2.33 bits per heavy atom. The van der Waals surface area contributed by atoms with Crippen molar-refractivity contribution in [3.63, 3.8) is 0 Å². The van der Waals surface area contributed by atoms with E-state index in [-0.39, 0.29) is 12.1 Å². The number of carbonyl (C=O) groups is 1. The van der Waals surface area contributed by atoms with E-state index in [1.54, 1.807) is 6.92 Å². The molecule has 1 aliphatic rings. The molecular weight excluding hydrogens is 526 g/mol. The van der Waals surface area contributed by atoms with Gasteiger partial charge in [0.25, 0.3) is 0 Å². The van der Waals surface area contributed by atoms with Crippen LogP contribution in [0.1, 0.15) is 42.5 Å². The number of amides is 1. The molecule has 210 valence electrons. The Labute approximate surface area is 241 Å². The van der Waals surface area contributed by atoms with Gasteiger partial charge in [-0.2, -0.15) is 5.48 Å². The van der Waals surface area contributed by atoms with E-state index in [0.29, 0.717) is 19.4 Å². The third-order valence-corrected chi connectivity index (χ3v) is 7.11. The zero-order valence-corrected chi connectivity index (χ0v) is 23.5. The molecule has 1 saturated heterocycles. The van der Waals surface area contributed by atoms with Crippen LogP contribution in [0.25, 0.3) is 0 Å². The summed E-state index contributed by atoms with van der Waals surface area (Å²) in [6, 6.07) is 26.9. The molecule has 4 rings (SSSR count). The quantitative estimate of drug-likeness (QED) is 0.226. The van der Waals surface area contributed by atoms with E-state index >= 15 is 0 Å². The zero-order chi connectivity index (χ0) is 28.2. The van der Waals surface area contributed by atoms with Crippen LogP contribution in [0.2, 0.25) is 5.02 Å². The van der Waals surface area contributed by atoms with E-state index in [1.807, 2.05) is 41.9 Å². The molecule has 1 aliphatic heterocycles. The van der Waals surface area contributed by atoms with Crippen molar-refractivity contribution in [2.45, 2.75) is 31.9 Å². The van der Waals surface area contributed by atoms with Crippen LogP contribution in [0, 0.1) is 11.8 Å². The number of halogens is 1. The highest BCUT2D eigenvalue weighted by Crippen LogP contribution is 2.30. The molecule has 3 aromatic rings. The molecule has 3 aromatic carbocycles. The second-order valence-corrected chi connectivity index (χ2v) is 10.2. The van der Waals surface area contributed by atoms with Crippen molar-refractivity contribution in [1.82, 2.24) is 15.3 Å². The third kappa shape index (κ3) is 9.29. The molecule has 1 heterocycles. The number of hydrogen-bond donors (Lipinski definition) is 2. The number of benzene rings is 3. The highest BCUT2D eigenvalue weighted by molar-refractivity contribution is 6.30. The summed E-state index contributed by atoms with van der Waals surface area (Å²) in [5.74, 6) is 7.05. The van der Waals surface area contributed by atoms with Gasteiger partial charge in [-0.1, -0.05) is 65.9 Å². The fourth-order valence-corrected chi connectivity index (χ4v) is 4.84. The molecular formula is C32H36ClN3O4. The highest BCUT2D eigenvalue weighted by atomic mass is 35.5. The third-order valence-electron chi connectivity index (χ3n) is 6.86. The summed E-state index contributed by atoms with van der Waals surface area (Å²) in [5, 5.41) is 9.31. The Morgan fingerprint density at radius 2 is 1.65 bits per heavy atom. The van der Waals surface area contributed by atoms with Gasteiger partial charge in [-0.05, 0) is 60.9 Å². The minimum absolute atomic E-state index is 0.212. The Kier molecular flexibility index (Phi) is 11.3. The number of rotatable bonds is 11. The summed E-state index contributed by atoms with van der Waals surface area (Å²) >= 11 is 6.16. The van der Waals surface area contributed by atoms with Crippen LogP contribution in [0.4, 0.5) is 4.79 Å². The topological polar surface area (TPSA) is 74.3 Å². The maximum absolute atomic E-state index is 10.4. The fourth-order valence-electron chi connectivity index (χ4n) is 4.72. The summed E-state index contributed by atoms with van der Waals surface area (Å²) in [7, 11) is 0. The van der Waals surface area contributed by atoms with E-state index in [0.717, 1.165) is 49.1 Å². The summed E-state index contributed by atoms with van der Waals surface area (Å²) in [6.07, 6.45) is -0.195. The van der Waals surface area contributed by atoms with E-state index in [9.17, 15) is 4.79 Å². The van der Waals surface area contributed by atoms with Crippen LogP contribution in [0.15, 0.2) is 78.9 Å². The predicted molar refractivity (Wildman–Crippen MR) is 158 cm³/mol. The van der Waals surface area contributed by atoms with Gasteiger partial charge in [0.05, 0.1) is 12.1 Å². The number of piperazine rings is 1. The SMILES string of the molecule is CC(CCC#Cc1ccc(OCCN2CCN(C(c3ccccc3)c3ccc(Cl)cc3)CC2)cc1)ONC(=O)O. The van der Waals surface area contributed by atoms with Crippen LogP contribution >= 0.6 is 11.6 Å². The average Bonchev–Trinajstić information content (AvgIpc) is 2.97. The lowest BCUT2D eigenvalue weighted by atomic mass is 9.96. The van der Waals surface area contributed by atoms with Gasteiger partial charge in [-0.3, -0.25) is 14.6 Å². The molecule has 40 heavy (non-hydrogen) atoms. The summed E-state index contributed by atoms with van der Waals surface area (Å²) in [4.78, 5) is 20.4. The Morgan fingerprint density at radius 1 is 0.975 bits per heavy atom. The number of ether oxygens (including phenoxy) is 1. The Bertz CT molecular complexity index is 1250. The molecule has 0 bridgehead atoms. The number of hydroxylamine groups is 1. The number of hydrogen-bond acceptors (Lipinski definition) is 5. The summed E-state index contributed by atoms with van der Waals surface area (Å²) < 4.78 is 6.00. The smallest absolute Gasteiger partial charge is 0.428 e. The van der Waals surface area contributed by atoms with Gasteiger partial charge in [0.1, 0.15) is 12.4 Å². The Hall–Kier alpha value is -3.54. The lowest BCUT2D eigenvalue weighted by Gasteiger charge is -2.39. The van der Waals surface area contributed by atoms with Gasteiger partial charge < -0.3 is 9.84 Å². The van der Waals surface area contributed by atoms with Crippen molar-refractivity contribution in [2.24, 2.45) is 0 Å². The van der Waals surface area contributed by atoms with Crippen LogP contribution in [-0.4, -0.2) is 66.4 Å². The van der Waals surface area contributed by atoms with Crippen molar-refractivity contribution < 1.29 is 19.5 Å². The lowest BCUT2D eigenvalue weighted by molar-refractivity contribution is -0.00956. The number of nitrogens with zero attached hydrogens (tertiary/aromatic N) is 2. The lowest BCUT2D eigenvalue weighted by Crippen LogP contribution is -2.48. The molecule has 2 unspecified atom stereocenters. The first-order chi connectivity index (χ1) is 19.5. The summed E-state index contributed by atoms with van der Waals surface area (Å²) in [5.41, 5.74) is 5.38. The first-order valence-electron chi connectivity index (χ1n) is 13.6. The maximum Gasteiger partial charge on any atom is 0.428 e. The van der Waals surface area contributed by atoms with E-state index in [4.69, 9.17) is 26.3 Å². The standard InChI is InChI=1S/C32H36ClN3O4/c1-25(40-34-32(37)38)7-5-6-8-26-11-17-30(18-12-26)39-24-23-35-19-21-36(22-20-35)31(27-9-3-2-4-10-27)28-13-15-29(33)16-14-28/h2-4,9-18,25,31,34H,5,7,19-24H2,1H3,(H,37,38). The van der Waals surface area contributed by atoms with Crippen molar-refractivity contribution >= 4 is 17.7 Å². The first-order valence-corrected chi connectivity index (χ1v) is 14.0. The average molecular weight is 562 g/mol. The van der Waals surface area contributed by atoms with Gasteiger partial charge in [0, 0.05) is 49.7 Å². The number of nitrogens with one attached hydrogen (secondary N) is 1. The predicted octanol–water partition coefficient (Wildman–Crippen LogP) is 5.85. The van der Waals surface area contributed by atoms with E-state index in [2.05, 4.69) is 64.1 Å². The first kappa shape index (κ1) is 29.4. The monoisotopic (exact) mass is 561 g/mol. The van der Waals surface area contributed by atoms with Gasteiger partial charge in [-0.25, -0.2) is 4.79 Å². The van der Waals surface area contributed by atoms with Gasteiger partial charge in [0.15, 0.2) is 0 Å².